The van der Waals surface area contributed by atoms with Gasteiger partial charge in [-0.1, -0.05) is 0 Å². The standard InChI is InChI=1S/C22H26FN7O2/c1-12-8-16(20(24-2)29-25-3)17(23)9-15(12)18-10-26-21-22(27-18)30(11-19(32)28-21)13-4-6-14(31)7-5-13/h8-10,13-14,25,31H,2,4-7,11H2,1,3H3,(H,26,28,32)/b29-20-/t13-,14-. The van der Waals surface area contributed by atoms with Crippen LogP contribution in [0.5, 0.6) is 0 Å². The number of nitrogens with zero attached hydrogens (tertiary/aromatic N) is 5. The lowest BCUT2D eigenvalue weighted by atomic mass is 9.91. The van der Waals surface area contributed by atoms with Gasteiger partial charge in [0.15, 0.2) is 17.5 Å². The van der Waals surface area contributed by atoms with Crippen molar-refractivity contribution in [1.82, 2.24) is 15.4 Å². The van der Waals surface area contributed by atoms with Gasteiger partial charge in [0, 0.05) is 18.7 Å². The van der Waals surface area contributed by atoms with Crippen LogP contribution in [0.15, 0.2) is 28.4 Å². The van der Waals surface area contributed by atoms with E-state index in [1.54, 1.807) is 13.1 Å². The number of hydrazone groups is 1. The second-order valence-corrected chi connectivity index (χ2v) is 8.03. The van der Waals surface area contributed by atoms with Crippen molar-refractivity contribution in [1.29, 1.82) is 0 Å². The van der Waals surface area contributed by atoms with Crippen LogP contribution in [-0.4, -0.2) is 59.3 Å². The lowest BCUT2D eigenvalue weighted by molar-refractivity contribution is -0.115. The molecule has 1 saturated carbocycles. The normalized spacial score (nSPS) is 21.1. The fraction of sp³-hybridized carbons (Fsp3) is 0.409. The van der Waals surface area contributed by atoms with Gasteiger partial charge in [0.25, 0.3) is 0 Å². The van der Waals surface area contributed by atoms with Crippen molar-refractivity contribution in [2.75, 3.05) is 23.8 Å². The van der Waals surface area contributed by atoms with Crippen LogP contribution in [0.1, 0.15) is 36.8 Å². The third kappa shape index (κ3) is 4.18. The Morgan fingerprint density at radius 2 is 2.09 bits per heavy atom. The summed E-state index contributed by atoms with van der Waals surface area (Å²) in [5.41, 5.74) is 4.69. The highest BCUT2D eigenvalue weighted by molar-refractivity contribution is 6.02. The predicted molar refractivity (Wildman–Crippen MR) is 122 cm³/mol. The van der Waals surface area contributed by atoms with Crippen molar-refractivity contribution in [3.63, 3.8) is 0 Å². The maximum atomic E-state index is 14.9. The van der Waals surface area contributed by atoms with E-state index in [1.807, 2.05) is 11.8 Å². The topological polar surface area (TPSA) is 115 Å². The number of carbonyl (C=O) groups is 1. The summed E-state index contributed by atoms with van der Waals surface area (Å²) in [7, 11) is 1.60. The number of nitrogens with one attached hydrogen (secondary N) is 2. The summed E-state index contributed by atoms with van der Waals surface area (Å²) < 4.78 is 14.9. The minimum absolute atomic E-state index is 0.0898. The van der Waals surface area contributed by atoms with Crippen molar-refractivity contribution < 1.29 is 14.3 Å². The van der Waals surface area contributed by atoms with Crippen LogP contribution in [-0.2, 0) is 4.79 Å². The molecule has 0 radical (unpaired) electrons. The van der Waals surface area contributed by atoms with E-state index in [4.69, 9.17) is 4.98 Å². The molecule has 0 bridgehead atoms. The monoisotopic (exact) mass is 439 g/mol. The fourth-order valence-electron chi connectivity index (χ4n) is 4.29. The van der Waals surface area contributed by atoms with Crippen molar-refractivity contribution in [3.8, 4) is 11.3 Å². The zero-order chi connectivity index (χ0) is 22.8. The molecule has 1 aliphatic carbocycles. The highest BCUT2D eigenvalue weighted by atomic mass is 19.1. The second kappa shape index (κ2) is 8.99. The number of fused-ring (bicyclic) bond motifs is 1. The summed E-state index contributed by atoms with van der Waals surface area (Å²) in [5.74, 6) is 0.468. The number of aromatic nitrogens is 2. The molecule has 3 N–H and O–H groups in total. The molecule has 168 valence electrons. The molecule has 1 amide bonds. The number of aliphatic hydroxyl groups excluding tert-OH is 1. The van der Waals surface area contributed by atoms with Gasteiger partial charge >= 0.3 is 0 Å². The van der Waals surface area contributed by atoms with Crippen LogP contribution in [0.4, 0.5) is 16.0 Å². The molecule has 4 rings (SSSR count). The number of hydrogen-bond donors (Lipinski definition) is 3. The van der Waals surface area contributed by atoms with Crippen LogP contribution < -0.4 is 15.6 Å². The molecule has 1 aliphatic heterocycles. The highest BCUT2D eigenvalue weighted by Gasteiger charge is 2.33. The Morgan fingerprint density at radius 3 is 2.78 bits per heavy atom. The van der Waals surface area contributed by atoms with Gasteiger partial charge in [-0.2, -0.15) is 5.10 Å². The SMILES string of the molecule is C=N/C(=N\NC)c1cc(C)c(-c2cnc3c(n2)N([C@H]2CC[C@H](O)CC2)CC(=O)N3)cc1F. The summed E-state index contributed by atoms with van der Waals surface area (Å²) in [6.07, 6.45) is 4.14. The number of aliphatic hydroxyl groups is 1. The van der Waals surface area contributed by atoms with E-state index < -0.39 is 5.82 Å². The maximum absolute atomic E-state index is 14.9. The first-order valence-electron chi connectivity index (χ1n) is 10.5. The number of rotatable bonds is 4. The van der Waals surface area contributed by atoms with Crippen LogP contribution in [0.2, 0.25) is 0 Å². The quantitative estimate of drug-likeness (QED) is 0.382. The molecule has 0 saturated heterocycles. The van der Waals surface area contributed by atoms with E-state index in [-0.39, 0.29) is 36.0 Å². The van der Waals surface area contributed by atoms with Crippen molar-refractivity contribution >= 4 is 30.1 Å². The summed E-state index contributed by atoms with van der Waals surface area (Å²) >= 11 is 0. The van der Waals surface area contributed by atoms with Crippen LogP contribution >= 0.6 is 0 Å². The first-order valence-corrected chi connectivity index (χ1v) is 10.5. The lowest BCUT2D eigenvalue weighted by Gasteiger charge is -2.38. The molecule has 2 heterocycles. The molecule has 10 heteroatoms. The van der Waals surface area contributed by atoms with Gasteiger partial charge in [-0.25, -0.2) is 19.4 Å². The molecule has 32 heavy (non-hydrogen) atoms. The number of aliphatic imine (C=N–C) groups is 1. The van der Waals surface area contributed by atoms with Crippen LogP contribution in [0, 0.1) is 12.7 Å². The van der Waals surface area contributed by atoms with E-state index >= 15 is 0 Å². The first-order chi connectivity index (χ1) is 15.4. The van der Waals surface area contributed by atoms with Gasteiger partial charge in [0.1, 0.15) is 5.82 Å². The third-order valence-corrected chi connectivity index (χ3v) is 5.90. The predicted octanol–water partition coefficient (Wildman–Crippen LogP) is 2.23. The molecule has 1 aromatic heterocycles. The Hall–Kier alpha value is -3.40. The molecule has 9 nitrogen and oxygen atoms in total. The fourth-order valence-corrected chi connectivity index (χ4v) is 4.29. The van der Waals surface area contributed by atoms with Gasteiger partial charge < -0.3 is 20.7 Å². The Balaban J connectivity index is 1.73. The number of anilines is 2. The smallest absolute Gasteiger partial charge is 0.245 e. The number of aryl methyl sites for hydroxylation is 1. The number of hydrogen-bond acceptors (Lipinski definition) is 7. The summed E-state index contributed by atoms with van der Waals surface area (Å²) in [6, 6.07) is 3.13. The molecular formula is C22H26FN7O2. The largest absolute Gasteiger partial charge is 0.393 e. The first kappa shape index (κ1) is 21.8. The second-order valence-electron chi connectivity index (χ2n) is 8.03. The number of amides is 1. The van der Waals surface area contributed by atoms with Gasteiger partial charge in [0.05, 0.1) is 30.1 Å². The van der Waals surface area contributed by atoms with Gasteiger partial charge in [0.2, 0.25) is 5.91 Å². The van der Waals surface area contributed by atoms with E-state index in [1.165, 1.54) is 12.3 Å². The van der Waals surface area contributed by atoms with Crippen LogP contribution in [0.25, 0.3) is 11.3 Å². The summed E-state index contributed by atoms with van der Waals surface area (Å²) in [5, 5.41) is 16.6. The molecule has 2 aromatic rings. The average molecular weight is 439 g/mol. The highest BCUT2D eigenvalue weighted by Crippen LogP contribution is 2.35. The summed E-state index contributed by atoms with van der Waals surface area (Å²) in [4.78, 5) is 27.2. The van der Waals surface area contributed by atoms with Gasteiger partial charge in [-0.05, 0) is 57.0 Å². The molecule has 2 aliphatic rings. The average Bonchev–Trinajstić information content (AvgIpc) is 2.78. The number of halogens is 1. The van der Waals surface area contributed by atoms with Gasteiger partial charge in [-0.3, -0.25) is 4.79 Å². The summed E-state index contributed by atoms with van der Waals surface area (Å²) in [6.45, 7) is 5.48. The number of carbonyl (C=O) groups excluding carboxylic acids is 1. The van der Waals surface area contributed by atoms with E-state index in [0.29, 0.717) is 35.7 Å². The van der Waals surface area contributed by atoms with E-state index in [0.717, 1.165) is 18.4 Å². The van der Waals surface area contributed by atoms with Crippen molar-refractivity contribution in [2.24, 2.45) is 10.1 Å². The zero-order valence-corrected chi connectivity index (χ0v) is 18.1. The minimum Gasteiger partial charge on any atom is -0.393 e. The third-order valence-electron chi connectivity index (χ3n) is 5.90. The molecule has 1 fully saturated rings. The lowest BCUT2D eigenvalue weighted by Crippen LogP contribution is -2.47. The minimum atomic E-state index is -0.502. The number of amidine groups is 1. The van der Waals surface area contributed by atoms with E-state index in [2.05, 4.69) is 32.5 Å². The van der Waals surface area contributed by atoms with Crippen molar-refractivity contribution in [2.45, 2.75) is 44.8 Å². The molecule has 1 aromatic carbocycles. The van der Waals surface area contributed by atoms with Crippen LogP contribution in [0.3, 0.4) is 0 Å². The van der Waals surface area contributed by atoms with Crippen molar-refractivity contribution in [3.05, 3.63) is 35.3 Å². The Labute approximate surface area is 185 Å². The van der Waals surface area contributed by atoms with E-state index in [9.17, 15) is 14.3 Å². The number of benzene rings is 1. The Kier molecular flexibility index (Phi) is 6.13. The molecule has 0 spiro atoms. The molecule has 0 atom stereocenters. The maximum Gasteiger partial charge on any atom is 0.245 e. The Bertz CT molecular complexity index is 1080. The zero-order valence-electron chi connectivity index (χ0n) is 18.1. The Morgan fingerprint density at radius 1 is 1.34 bits per heavy atom. The molecular weight excluding hydrogens is 413 g/mol. The van der Waals surface area contributed by atoms with Gasteiger partial charge in [-0.15, -0.1) is 0 Å². The molecule has 0 unspecified atom stereocenters.